The number of fused-ring (bicyclic) bond motifs is 1. The molecule has 6 nitrogen and oxygen atoms in total. The van der Waals surface area contributed by atoms with Gasteiger partial charge in [-0.3, -0.25) is 29.0 Å². The minimum atomic E-state index is -0.567. The highest BCUT2D eigenvalue weighted by molar-refractivity contribution is 6.24. The average Bonchev–Trinajstić information content (AvgIpc) is 3.43. The van der Waals surface area contributed by atoms with Crippen molar-refractivity contribution in [3.63, 3.8) is 0 Å². The van der Waals surface area contributed by atoms with Gasteiger partial charge < -0.3 is 0 Å². The van der Waals surface area contributed by atoms with Gasteiger partial charge in [-0.2, -0.15) is 0 Å². The summed E-state index contributed by atoms with van der Waals surface area (Å²) in [6, 6.07) is 28.2. The number of imide groups is 2. The summed E-state index contributed by atoms with van der Waals surface area (Å²) in [7, 11) is 0. The van der Waals surface area contributed by atoms with Crippen molar-refractivity contribution in [2.45, 2.75) is 6.42 Å². The summed E-state index contributed by atoms with van der Waals surface area (Å²) in [5, 5.41) is 0. The van der Waals surface area contributed by atoms with Crippen molar-refractivity contribution in [3.05, 3.63) is 114 Å². The first-order valence-corrected chi connectivity index (χ1v) is 13.9. The molecule has 2 bridgehead atoms. The Kier molecular flexibility index (Phi) is 4.93. The zero-order valence-corrected chi connectivity index (χ0v) is 21.6. The summed E-state index contributed by atoms with van der Waals surface area (Å²) in [5.74, 6) is -3.88. The average molecular weight is 527 g/mol. The minimum Gasteiger partial charge on any atom is -0.274 e. The Labute approximate surface area is 231 Å². The molecule has 0 N–H and O–H groups in total. The second-order valence-electron chi connectivity index (χ2n) is 11.4. The standard InChI is InChI=1S/C34H26N2O4/c37-31-25-18-24(19-10-4-1-5-11-19)26-22-16-17-23(27(26)30(25)34(40)35(31)20-12-6-2-7-13-20)29-28(22)32(38)36(33(29)39)21-14-8-3-9-15-21/h1-17,22-23,25,27-30H,18H2/t22-,23-,25-,27+,28-,29+,30+/m1/s1. The van der Waals surface area contributed by atoms with E-state index in [1.807, 2.05) is 72.8 Å². The fraction of sp³-hybridized carbons (Fsp3) is 0.235. The van der Waals surface area contributed by atoms with Gasteiger partial charge in [0.15, 0.2) is 0 Å². The number of hydrogen-bond acceptors (Lipinski definition) is 4. The number of benzene rings is 3. The van der Waals surface area contributed by atoms with Gasteiger partial charge in [-0.1, -0.05) is 84.5 Å². The molecule has 9 rings (SSSR count). The second kappa shape index (κ2) is 8.46. The fourth-order valence-corrected chi connectivity index (χ4v) is 8.18. The maximum absolute atomic E-state index is 14.1. The quantitative estimate of drug-likeness (QED) is 0.360. The number of para-hydroxylation sites is 2. The van der Waals surface area contributed by atoms with Crippen molar-refractivity contribution in [1.29, 1.82) is 0 Å². The molecule has 6 aliphatic rings. The minimum absolute atomic E-state index is 0.180. The lowest BCUT2D eigenvalue weighted by Gasteiger charge is -2.51. The lowest BCUT2D eigenvalue weighted by molar-refractivity contribution is -0.129. The molecule has 196 valence electrons. The normalized spacial score (nSPS) is 32.0. The Morgan fingerprint density at radius 2 is 1.05 bits per heavy atom. The van der Waals surface area contributed by atoms with E-state index in [-0.39, 0.29) is 41.4 Å². The number of amides is 4. The van der Waals surface area contributed by atoms with Crippen molar-refractivity contribution in [3.8, 4) is 0 Å². The molecule has 40 heavy (non-hydrogen) atoms. The molecule has 2 aliphatic heterocycles. The molecule has 0 spiro atoms. The molecular formula is C34H26N2O4. The van der Waals surface area contributed by atoms with Crippen LogP contribution < -0.4 is 9.80 Å². The Morgan fingerprint density at radius 3 is 1.68 bits per heavy atom. The van der Waals surface area contributed by atoms with Crippen LogP contribution in [0.15, 0.2) is 109 Å². The van der Waals surface area contributed by atoms with Gasteiger partial charge in [-0.25, -0.2) is 0 Å². The molecule has 7 atom stereocenters. The largest absolute Gasteiger partial charge is 0.274 e. The van der Waals surface area contributed by atoms with Crippen LogP contribution in [0, 0.1) is 41.4 Å². The highest BCUT2D eigenvalue weighted by Gasteiger charge is 2.67. The summed E-state index contributed by atoms with van der Waals surface area (Å²) in [6.45, 7) is 0. The fourth-order valence-electron chi connectivity index (χ4n) is 8.18. The molecule has 2 heterocycles. The third-order valence-corrected chi connectivity index (χ3v) is 9.66. The summed E-state index contributed by atoms with van der Waals surface area (Å²) >= 11 is 0. The van der Waals surface area contributed by atoms with Crippen LogP contribution in [-0.4, -0.2) is 23.6 Å². The highest BCUT2D eigenvalue weighted by Crippen LogP contribution is 2.63. The van der Waals surface area contributed by atoms with Gasteiger partial charge in [0.2, 0.25) is 23.6 Å². The number of allylic oxidation sites excluding steroid dienone is 4. The highest BCUT2D eigenvalue weighted by atomic mass is 16.2. The maximum Gasteiger partial charge on any atom is 0.238 e. The third kappa shape index (κ3) is 2.99. The molecule has 0 unspecified atom stereocenters. The van der Waals surface area contributed by atoms with Gasteiger partial charge >= 0.3 is 0 Å². The summed E-state index contributed by atoms with van der Waals surface area (Å²) in [6.07, 6.45) is 4.57. The van der Waals surface area contributed by atoms with E-state index in [2.05, 4.69) is 6.08 Å². The van der Waals surface area contributed by atoms with E-state index < -0.39 is 23.7 Å². The van der Waals surface area contributed by atoms with Gasteiger partial charge in [0.1, 0.15) is 0 Å². The van der Waals surface area contributed by atoms with Gasteiger partial charge in [0, 0.05) is 11.8 Å². The van der Waals surface area contributed by atoms with Crippen LogP contribution in [0.2, 0.25) is 0 Å². The van der Waals surface area contributed by atoms with E-state index in [0.717, 1.165) is 16.7 Å². The van der Waals surface area contributed by atoms with Gasteiger partial charge in [-0.15, -0.1) is 0 Å². The Bertz CT molecular complexity index is 1640. The molecule has 6 heteroatoms. The first-order valence-electron chi connectivity index (χ1n) is 13.9. The summed E-state index contributed by atoms with van der Waals surface area (Å²) in [5.41, 5.74) is 4.26. The topological polar surface area (TPSA) is 74.8 Å². The van der Waals surface area contributed by atoms with Crippen LogP contribution in [-0.2, 0) is 19.2 Å². The molecule has 1 saturated carbocycles. The summed E-state index contributed by atoms with van der Waals surface area (Å²) in [4.78, 5) is 58.7. The number of carbonyl (C=O) groups excluding carboxylic acids is 4. The van der Waals surface area contributed by atoms with E-state index in [1.54, 1.807) is 24.3 Å². The van der Waals surface area contributed by atoms with E-state index in [0.29, 0.717) is 17.8 Å². The number of carbonyl (C=O) groups is 4. The molecular weight excluding hydrogens is 500 g/mol. The maximum atomic E-state index is 14.1. The van der Waals surface area contributed by atoms with Crippen molar-refractivity contribution in [2.75, 3.05) is 9.80 Å². The molecule has 3 aromatic rings. The molecule has 3 aromatic carbocycles. The monoisotopic (exact) mass is 526 g/mol. The zero-order chi connectivity index (χ0) is 27.1. The van der Waals surface area contributed by atoms with Crippen molar-refractivity contribution < 1.29 is 19.2 Å². The van der Waals surface area contributed by atoms with Crippen molar-refractivity contribution in [1.82, 2.24) is 0 Å². The van der Waals surface area contributed by atoms with Crippen LogP contribution >= 0.6 is 0 Å². The Balaban J connectivity index is 1.30. The Hall–Kier alpha value is -4.58. The van der Waals surface area contributed by atoms with Crippen LogP contribution in [0.3, 0.4) is 0 Å². The lowest BCUT2D eigenvalue weighted by atomic mass is 9.49. The van der Waals surface area contributed by atoms with Crippen molar-refractivity contribution in [2.24, 2.45) is 41.4 Å². The van der Waals surface area contributed by atoms with Gasteiger partial charge in [-0.05, 0) is 47.7 Å². The molecule has 4 aliphatic carbocycles. The molecule has 0 aromatic heterocycles. The zero-order valence-electron chi connectivity index (χ0n) is 21.6. The first kappa shape index (κ1) is 23.3. The van der Waals surface area contributed by atoms with E-state index in [1.165, 1.54) is 9.80 Å². The van der Waals surface area contributed by atoms with Crippen LogP contribution in [0.25, 0.3) is 5.57 Å². The molecule has 0 radical (unpaired) electrons. The van der Waals surface area contributed by atoms with E-state index in [9.17, 15) is 19.2 Å². The predicted octanol–water partition coefficient (Wildman–Crippen LogP) is 4.89. The van der Waals surface area contributed by atoms with Crippen molar-refractivity contribution >= 4 is 40.6 Å². The Morgan fingerprint density at radius 1 is 0.525 bits per heavy atom. The van der Waals surface area contributed by atoms with E-state index >= 15 is 0 Å². The lowest BCUT2D eigenvalue weighted by Crippen LogP contribution is -2.51. The smallest absolute Gasteiger partial charge is 0.238 e. The molecule has 2 saturated heterocycles. The van der Waals surface area contributed by atoms with Crippen LogP contribution in [0.5, 0.6) is 0 Å². The summed E-state index contributed by atoms with van der Waals surface area (Å²) < 4.78 is 0. The predicted molar refractivity (Wildman–Crippen MR) is 149 cm³/mol. The number of rotatable bonds is 3. The first-order chi connectivity index (χ1) is 19.6. The molecule has 4 amide bonds. The second-order valence-corrected chi connectivity index (χ2v) is 11.4. The number of hydrogen-bond donors (Lipinski definition) is 0. The van der Waals surface area contributed by atoms with Crippen LogP contribution in [0.4, 0.5) is 11.4 Å². The van der Waals surface area contributed by atoms with Gasteiger partial charge in [0.25, 0.3) is 0 Å². The van der Waals surface area contributed by atoms with Gasteiger partial charge in [0.05, 0.1) is 35.0 Å². The third-order valence-electron chi connectivity index (χ3n) is 9.66. The van der Waals surface area contributed by atoms with Crippen LogP contribution in [0.1, 0.15) is 12.0 Å². The number of nitrogens with zero attached hydrogens (tertiary/aromatic N) is 2. The SMILES string of the molecule is O=C1[C@@H]2[C@@H]3C(=C(c4ccccc4)C[C@H]2C(=O)N1c1ccccc1)[C@H]1C=C[C@H]3[C@@H]2C(=O)N(c3ccccc3)C(=O)[C@@H]21. The number of anilines is 2. The van der Waals surface area contributed by atoms with E-state index in [4.69, 9.17) is 0 Å². The molecule has 3 fully saturated rings.